The highest BCUT2D eigenvalue weighted by Crippen LogP contribution is 2.24. The number of hydrogen-bond donors (Lipinski definition) is 0. The number of aryl methyl sites for hydroxylation is 1. The van der Waals surface area contributed by atoms with Crippen LogP contribution in [0.2, 0.25) is 0 Å². The monoisotopic (exact) mass is 365 g/mol. The number of ether oxygens (including phenoxy) is 1. The molecule has 2 rings (SSSR count). The zero-order valence-electron chi connectivity index (χ0n) is 22.8. The van der Waals surface area contributed by atoms with Crippen molar-refractivity contribution in [2.45, 2.75) is 33.2 Å². The summed E-state index contributed by atoms with van der Waals surface area (Å²) in [5, 5.41) is 0. The summed E-state index contributed by atoms with van der Waals surface area (Å²) in [7, 11) is 0. The summed E-state index contributed by atoms with van der Waals surface area (Å²) in [6.45, 7) is -11.6. The first kappa shape index (κ1) is 6.90. The second-order valence-corrected chi connectivity index (χ2v) is 6.12. The fourth-order valence-corrected chi connectivity index (χ4v) is 1.79. The molecule has 0 aromatic heterocycles. The third kappa shape index (κ3) is 4.37. The lowest BCUT2D eigenvalue weighted by Gasteiger charge is -2.36. The fourth-order valence-electron chi connectivity index (χ4n) is 1.43. The molecule has 4 nitrogen and oxygen atoms in total. The Balaban J connectivity index is 2.72. The molecule has 0 spiro atoms. The molecule has 1 aromatic carbocycles. The van der Waals surface area contributed by atoms with Gasteiger partial charge < -0.3 is 14.5 Å². The standard InChI is InChI=1S/C16H23BrN2O2/c1-12-5-6-13(11-14(12)17)18-7-9-19(10-8-18)15(20)21-16(2,3)4/h5-6,11H,7-10H2,1-4H3/i1D3,7D2,8D2,9D2,10D2. The van der Waals surface area contributed by atoms with Crippen molar-refractivity contribution in [2.24, 2.45) is 0 Å². The summed E-state index contributed by atoms with van der Waals surface area (Å²) < 4.78 is 94.3. The average molecular weight is 366 g/mol. The Kier molecular flexibility index (Phi) is 2.06. The van der Waals surface area contributed by atoms with Crippen LogP contribution in [0, 0.1) is 6.85 Å². The zero-order valence-corrected chi connectivity index (χ0v) is 13.4. The lowest BCUT2D eigenvalue weighted by Crippen LogP contribution is -2.50. The van der Waals surface area contributed by atoms with Gasteiger partial charge in [0.05, 0.1) is 11.0 Å². The van der Waals surface area contributed by atoms with Gasteiger partial charge in [0.15, 0.2) is 0 Å². The molecule has 0 aliphatic carbocycles. The second kappa shape index (κ2) is 6.26. The van der Waals surface area contributed by atoms with Gasteiger partial charge in [-0.25, -0.2) is 4.79 Å². The van der Waals surface area contributed by atoms with Crippen LogP contribution in [0.15, 0.2) is 22.7 Å². The van der Waals surface area contributed by atoms with E-state index in [9.17, 15) is 4.79 Å². The summed E-state index contributed by atoms with van der Waals surface area (Å²) in [6, 6.07) is 3.20. The Morgan fingerprint density at radius 3 is 2.52 bits per heavy atom. The highest BCUT2D eigenvalue weighted by molar-refractivity contribution is 9.10. The van der Waals surface area contributed by atoms with E-state index in [0.717, 1.165) is 18.2 Å². The SMILES string of the molecule is [2H]C([2H])([2H])c1ccc(N2C([2H])([2H])C([2H])([2H])N(C(=O)OC(C)(C)C)C([2H])([2H])C2([2H])[2H])cc1Br. The Hall–Kier alpha value is -1.23. The summed E-state index contributed by atoms with van der Waals surface area (Å²) in [4.78, 5) is 12.7. The van der Waals surface area contributed by atoms with Crippen molar-refractivity contribution in [1.82, 2.24) is 4.90 Å². The van der Waals surface area contributed by atoms with E-state index in [1.165, 1.54) is 20.8 Å². The second-order valence-electron chi connectivity index (χ2n) is 5.26. The van der Waals surface area contributed by atoms with Crippen LogP contribution in [0.25, 0.3) is 0 Å². The topological polar surface area (TPSA) is 32.8 Å². The average Bonchev–Trinajstić information content (AvgIpc) is 2.49. The highest BCUT2D eigenvalue weighted by atomic mass is 79.9. The number of carbonyl (C=O) groups is 1. The van der Waals surface area contributed by atoms with E-state index >= 15 is 0 Å². The number of hydrogen-bond acceptors (Lipinski definition) is 3. The van der Waals surface area contributed by atoms with Crippen LogP contribution >= 0.6 is 15.9 Å². The van der Waals surface area contributed by atoms with Crippen molar-refractivity contribution in [1.29, 1.82) is 0 Å². The lowest BCUT2D eigenvalue weighted by molar-refractivity contribution is 0.0240. The molecule has 0 saturated carbocycles. The number of carbonyl (C=O) groups excluding carboxylic acids is 1. The van der Waals surface area contributed by atoms with Crippen molar-refractivity contribution in [2.75, 3.05) is 30.9 Å². The number of anilines is 1. The summed E-state index contributed by atoms with van der Waals surface area (Å²) in [6.07, 6.45) is -1.57. The van der Waals surface area contributed by atoms with Crippen LogP contribution in [-0.2, 0) is 4.74 Å². The van der Waals surface area contributed by atoms with E-state index in [1.807, 2.05) is 0 Å². The molecule has 1 aromatic rings. The molecule has 0 radical (unpaired) electrons. The molecule has 1 aliphatic rings. The van der Waals surface area contributed by atoms with Gasteiger partial charge in [0.1, 0.15) is 5.60 Å². The molecule has 1 saturated heterocycles. The molecule has 0 bridgehead atoms. The lowest BCUT2D eigenvalue weighted by atomic mass is 10.2. The van der Waals surface area contributed by atoms with Crippen LogP contribution in [0.4, 0.5) is 10.5 Å². The zero-order chi connectivity index (χ0) is 25.3. The molecule has 1 fully saturated rings. The summed E-state index contributed by atoms with van der Waals surface area (Å²) >= 11 is 3.05. The number of rotatable bonds is 1. The maximum absolute atomic E-state index is 12.7. The van der Waals surface area contributed by atoms with Crippen LogP contribution < -0.4 is 4.90 Å². The number of nitrogens with zero attached hydrogens (tertiary/aromatic N) is 2. The molecule has 21 heavy (non-hydrogen) atoms. The van der Waals surface area contributed by atoms with E-state index < -0.39 is 44.5 Å². The van der Waals surface area contributed by atoms with Crippen LogP contribution in [0.3, 0.4) is 0 Å². The Labute approximate surface area is 150 Å². The molecular formula is C16H23BrN2O2. The number of amides is 1. The predicted octanol–water partition coefficient (Wildman–Crippen LogP) is 3.81. The Morgan fingerprint density at radius 2 is 2.00 bits per heavy atom. The third-order valence-corrected chi connectivity index (χ3v) is 2.99. The first-order valence-electron chi connectivity index (χ1n) is 11.6. The van der Waals surface area contributed by atoms with Gasteiger partial charge in [-0.15, -0.1) is 0 Å². The molecule has 0 atom stereocenters. The molecule has 1 amide bonds. The molecule has 1 heterocycles. The Bertz CT molecular complexity index is 884. The molecule has 1 aliphatic heterocycles. The van der Waals surface area contributed by atoms with Crippen molar-refractivity contribution >= 4 is 27.7 Å². The Morgan fingerprint density at radius 1 is 1.33 bits per heavy atom. The summed E-state index contributed by atoms with van der Waals surface area (Å²) in [5.74, 6) is 0. The third-order valence-electron chi connectivity index (χ3n) is 2.33. The fraction of sp³-hybridized carbons (Fsp3) is 0.562. The molecule has 116 valence electrons. The highest BCUT2D eigenvalue weighted by Gasteiger charge is 2.25. The van der Waals surface area contributed by atoms with Crippen LogP contribution in [-0.4, -0.2) is 42.6 Å². The molecular weight excluding hydrogens is 332 g/mol. The molecule has 0 N–H and O–H groups in total. The minimum atomic E-state index is -3.40. The van der Waals surface area contributed by atoms with Gasteiger partial charge in [-0.1, -0.05) is 22.0 Å². The van der Waals surface area contributed by atoms with Gasteiger partial charge in [-0.3, -0.25) is 0 Å². The van der Waals surface area contributed by atoms with Crippen molar-refractivity contribution in [3.8, 4) is 0 Å². The maximum Gasteiger partial charge on any atom is 0.410 e. The van der Waals surface area contributed by atoms with E-state index in [0.29, 0.717) is 0 Å². The van der Waals surface area contributed by atoms with Crippen molar-refractivity contribution in [3.05, 3.63) is 28.2 Å². The predicted molar refractivity (Wildman–Crippen MR) is 88.9 cm³/mol. The van der Waals surface area contributed by atoms with Gasteiger partial charge in [0.25, 0.3) is 0 Å². The summed E-state index contributed by atoms with van der Waals surface area (Å²) in [5.41, 5.74) is -1.67. The maximum atomic E-state index is 12.7. The quantitative estimate of drug-likeness (QED) is 0.758. The van der Waals surface area contributed by atoms with Gasteiger partial charge in [-0.2, -0.15) is 0 Å². The van der Waals surface area contributed by atoms with Crippen LogP contribution in [0.1, 0.15) is 41.4 Å². The van der Waals surface area contributed by atoms with Gasteiger partial charge in [-0.05, 0) is 45.3 Å². The smallest absolute Gasteiger partial charge is 0.410 e. The van der Waals surface area contributed by atoms with E-state index in [2.05, 4.69) is 15.9 Å². The van der Waals surface area contributed by atoms with Gasteiger partial charge in [0.2, 0.25) is 0 Å². The van der Waals surface area contributed by atoms with Crippen LogP contribution in [0.5, 0.6) is 0 Å². The van der Waals surface area contributed by atoms with E-state index in [4.69, 9.17) is 19.8 Å². The number of piperazine rings is 1. The first-order valence-corrected chi connectivity index (χ1v) is 6.92. The van der Waals surface area contributed by atoms with E-state index in [-0.39, 0.29) is 25.5 Å². The van der Waals surface area contributed by atoms with Crippen molar-refractivity contribution < 1.29 is 24.6 Å². The largest absolute Gasteiger partial charge is 0.444 e. The molecule has 0 unspecified atom stereocenters. The normalized spacial score (nSPS) is 34.0. The molecule has 5 heteroatoms. The van der Waals surface area contributed by atoms with Gasteiger partial charge in [0, 0.05) is 40.3 Å². The number of benzene rings is 1. The minimum absolute atomic E-state index is 0.0303. The van der Waals surface area contributed by atoms with E-state index in [1.54, 1.807) is 0 Å². The van der Waals surface area contributed by atoms with Gasteiger partial charge >= 0.3 is 6.09 Å². The minimum Gasteiger partial charge on any atom is -0.444 e. The van der Waals surface area contributed by atoms with Crippen molar-refractivity contribution in [3.63, 3.8) is 0 Å². The first-order chi connectivity index (χ1) is 14.0. The number of halogens is 1.